The third kappa shape index (κ3) is 4.42. The van der Waals surface area contributed by atoms with Gasteiger partial charge in [-0.05, 0) is 54.8 Å². The van der Waals surface area contributed by atoms with Gasteiger partial charge < -0.3 is 14.6 Å². The summed E-state index contributed by atoms with van der Waals surface area (Å²) in [6, 6.07) is 17.9. The maximum atomic E-state index is 15.3. The fourth-order valence-corrected chi connectivity index (χ4v) is 5.81. The SMILES string of the molecule is Cc1c(Sc2cccc(C(=O)O)c2)c2ccc(Cl)c(F)c2n1CC(=O)N1CCc2ccccc2C1. The third-order valence-electron chi connectivity index (χ3n) is 6.39. The Labute approximate surface area is 211 Å². The van der Waals surface area contributed by atoms with Crippen LogP contribution in [0, 0.1) is 12.7 Å². The molecule has 4 aromatic rings. The fraction of sp³-hybridized carbons (Fsp3) is 0.185. The molecule has 0 atom stereocenters. The number of amides is 1. The van der Waals surface area contributed by atoms with E-state index in [1.165, 1.54) is 29.5 Å². The van der Waals surface area contributed by atoms with Gasteiger partial charge in [0, 0.05) is 34.0 Å². The molecule has 5 nitrogen and oxygen atoms in total. The van der Waals surface area contributed by atoms with Gasteiger partial charge in [-0.3, -0.25) is 4.79 Å². The van der Waals surface area contributed by atoms with Crippen LogP contribution in [0.15, 0.2) is 70.5 Å². The lowest BCUT2D eigenvalue weighted by atomic mass is 10.00. The van der Waals surface area contributed by atoms with Crippen LogP contribution < -0.4 is 0 Å². The molecule has 0 aliphatic carbocycles. The highest BCUT2D eigenvalue weighted by molar-refractivity contribution is 7.99. The Kier molecular flexibility index (Phi) is 6.30. The average Bonchev–Trinajstić information content (AvgIpc) is 3.12. The number of nitrogens with zero attached hydrogens (tertiary/aromatic N) is 2. The van der Waals surface area contributed by atoms with Gasteiger partial charge in [0.2, 0.25) is 5.91 Å². The molecule has 3 aromatic carbocycles. The van der Waals surface area contributed by atoms with Crippen molar-refractivity contribution in [3.8, 4) is 0 Å². The smallest absolute Gasteiger partial charge is 0.335 e. The van der Waals surface area contributed by atoms with Gasteiger partial charge in [0.1, 0.15) is 6.54 Å². The summed E-state index contributed by atoms with van der Waals surface area (Å²) in [7, 11) is 0. The predicted molar refractivity (Wildman–Crippen MR) is 135 cm³/mol. The van der Waals surface area contributed by atoms with Crippen LogP contribution in [0.5, 0.6) is 0 Å². The number of hydrogen-bond acceptors (Lipinski definition) is 3. The predicted octanol–water partition coefficient (Wildman–Crippen LogP) is 6.18. The molecule has 0 saturated carbocycles. The molecule has 0 spiro atoms. The molecule has 1 aliphatic heterocycles. The van der Waals surface area contributed by atoms with E-state index in [0.29, 0.717) is 23.4 Å². The maximum absolute atomic E-state index is 15.3. The molecular formula is C27H22ClFN2O3S. The number of carbonyl (C=O) groups excluding carboxylic acids is 1. The minimum Gasteiger partial charge on any atom is -0.478 e. The molecule has 1 aromatic heterocycles. The molecule has 1 N–H and O–H groups in total. The van der Waals surface area contributed by atoms with E-state index in [0.717, 1.165) is 22.6 Å². The van der Waals surface area contributed by atoms with E-state index in [9.17, 15) is 14.7 Å². The molecule has 0 fully saturated rings. The summed E-state index contributed by atoms with van der Waals surface area (Å²) in [5.74, 6) is -1.68. The molecule has 1 aliphatic rings. The molecule has 0 unspecified atom stereocenters. The molecule has 0 radical (unpaired) electrons. The normalized spacial score (nSPS) is 13.2. The number of benzene rings is 3. The van der Waals surface area contributed by atoms with Gasteiger partial charge in [0.05, 0.1) is 16.1 Å². The first-order valence-corrected chi connectivity index (χ1v) is 12.4. The summed E-state index contributed by atoms with van der Waals surface area (Å²) < 4.78 is 17.0. The number of hydrogen-bond donors (Lipinski definition) is 1. The molecule has 178 valence electrons. The minimum absolute atomic E-state index is 0.0139. The van der Waals surface area contributed by atoms with E-state index in [4.69, 9.17) is 11.6 Å². The zero-order valence-corrected chi connectivity index (χ0v) is 20.5. The first-order chi connectivity index (χ1) is 16.8. The van der Waals surface area contributed by atoms with Crippen molar-refractivity contribution in [1.29, 1.82) is 0 Å². The highest BCUT2D eigenvalue weighted by Gasteiger charge is 2.25. The van der Waals surface area contributed by atoms with Crippen molar-refractivity contribution < 1.29 is 19.1 Å². The van der Waals surface area contributed by atoms with Gasteiger partial charge in [-0.1, -0.05) is 53.7 Å². The topological polar surface area (TPSA) is 62.5 Å². The molecule has 35 heavy (non-hydrogen) atoms. The van der Waals surface area contributed by atoms with Gasteiger partial charge in [0.15, 0.2) is 5.82 Å². The van der Waals surface area contributed by atoms with Crippen molar-refractivity contribution in [2.45, 2.75) is 36.2 Å². The van der Waals surface area contributed by atoms with E-state index in [2.05, 4.69) is 6.07 Å². The van der Waals surface area contributed by atoms with E-state index >= 15 is 4.39 Å². The first-order valence-electron chi connectivity index (χ1n) is 11.2. The van der Waals surface area contributed by atoms with Crippen LogP contribution in [-0.4, -0.2) is 33.0 Å². The van der Waals surface area contributed by atoms with Crippen molar-refractivity contribution in [1.82, 2.24) is 9.47 Å². The van der Waals surface area contributed by atoms with Crippen molar-refractivity contribution in [2.75, 3.05) is 6.54 Å². The molecule has 2 heterocycles. The average molecular weight is 509 g/mol. The summed E-state index contributed by atoms with van der Waals surface area (Å²) in [6.07, 6.45) is 0.786. The van der Waals surface area contributed by atoms with E-state index < -0.39 is 11.8 Å². The zero-order chi connectivity index (χ0) is 24.7. The summed E-state index contributed by atoms with van der Waals surface area (Å²) in [6.45, 7) is 2.97. The van der Waals surface area contributed by atoms with Crippen molar-refractivity contribution in [3.05, 3.63) is 93.9 Å². The Bertz CT molecular complexity index is 1480. The zero-order valence-electron chi connectivity index (χ0n) is 18.9. The lowest BCUT2D eigenvalue weighted by molar-refractivity contribution is -0.132. The second kappa shape index (κ2) is 9.40. The number of rotatable bonds is 5. The van der Waals surface area contributed by atoms with Crippen LogP contribution in [0.4, 0.5) is 4.39 Å². The number of carboxylic acid groups (broad SMARTS) is 1. The highest BCUT2D eigenvalue weighted by atomic mass is 35.5. The van der Waals surface area contributed by atoms with Gasteiger partial charge in [-0.25, -0.2) is 9.18 Å². The Hall–Kier alpha value is -3.29. The van der Waals surface area contributed by atoms with Crippen LogP contribution in [0.25, 0.3) is 10.9 Å². The second-order valence-corrected chi connectivity index (χ2v) is 10.0. The number of fused-ring (bicyclic) bond motifs is 2. The van der Waals surface area contributed by atoms with E-state index in [-0.39, 0.29) is 28.6 Å². The number of halogens is 2. The summed E-state index contributed by atoms with van der Waals surface area (Å²) in [5, 5.41) is 9.95. The van der Waals surface area contributed by atoms with Gasteiger partial charge in [-0.2, -0.15) is 0 Å². The van der Waals surface area contributed by atoms with Crippen LogP contribution in [0.3, 0.4) is 0 Å². The monoisotopic (exact) mass is 508 g/mol. The van der Waals surface area contributed by atoms with Gasteiger partial charge >= 0.3 is 5.97 Å². The quantitative estimate of drug-likeness (QED) is 0.350. The van der Waals surface area contributed by atoms with Crippen LogP contribution in [0.2, 0.25) is 5.02 Å². The molecule has 0 bridgehead atoms. The van der Waals surface area contributed by atoms with Crippen molar-refractivity contribution >= 4 is 46.1 Å². The van der Waals surface area contributed by atoms with E-state index in [1.54, 1.807) is 27.7 Å². The summed E-state index contributed by atoms with van der Waals surface area (Å²) in [5.41, 5.74) is 3.55. The molecule has 0 saturated heterocycles. The Morgan fingerprint density at radius 1 is 1.09 bits per heavy atom. The lowest BCUT2D eigenvalue weighted by Crippen LogP contribution is -2.38. The Balaban J connectivity index is 1.51. The number of carbonyl (C=O) groups is 2. The maximum Gasteiger partial charge on any atom is 0.335 e. The van der Waals surface area contributed by atoms with Crippen molar-refractivity contribution in [2.24, 2.45) is 0 Å². The third-order valence-corrected chi connectivity index (χ3v) is 7.90. The summed E-state index contributed by atoms with van der Waals surface area (Å²) >= 11 is 7.47. The molecular weight excluding hydrogens is 487 g/mol. The highest BCUT2D eigenvalue weighted by Crippen LogP contribution is 2.40. The summed E-state index contributed by atoms with van der Waals surface area (Å²) in [4.78, 5) is 28.0. The minimum atomic E-state index is -1.02. The fourth-order valence-electron chi connectivity index (χ4n) is 4.55. The van der Waals surface area contributed by atoms with Gasteiger partial charge in [-0.15, -0.1) is 0 Å². The van der Waals surface area contributed by atoms with Crippen LogP contribution >= 0.6 is 23.4 Å². The Morgan fingerprint density at radius 3 is 2.63 bits per heavy atom. The first kappa shape index (κ1) is 23.5. The van der Waals surface area contributed by atoms with Gasteiger partial charge in [0.25, 0.3) is 0 Å². The van der Waals surface area contributed by atoms with Crippen molar-refractivity contribution in [3.63, 3.8) is 0 Å². The second-order valence-electron chi connectivity index (χ2n) is 8.53. The lowest BCUT2D eigenvalue weighted by Gasteiger charge is -2.29. The van der Waals surface area contributed by atoms with Crippen LogP contribution in [-0.2, 0) is 24.3 Å². The standard InChI is InChI=1S/C27H22ClFN2O3S/c1-16-26(35-20-8-4-7-18(13-20)27(33)34)21-9-10-22(28)24(29)25(21)31(16)15-23(32)30-12-11-17-5-2-3-6-19(17)14-30/h2-10,13H,11-12,14-15H2,1H3,(H,33,34). The number of aromatic nitrogens is 1. The number of aromatic carboxylic acids is 1. The van der Waals surface area contributed by atoms with E-state index in [1.807, 2.05) is 31.2 Å². The molecule has 1 amide bonds. The van der Waals surface area contributed by atoms with Crippen LogP contribution in [0.1, 0.15) is 27.2 Å². The largest absolute Gasteiger partial charge is 0.478 e. The molecule has 5 rings (SSSR count). The molecule has 8 heteroatoms. The number of carboxylic acids is 1. The Morgan fingerprint density at radius 2 is 1.86 bits per heavy atom.